The van der Waals surface area contributed by atoms with E-state index in [1.54, 1.807) is 22.6 Å². The molecule has 29 heavy (non-hydrogen) atoms. The molecule has 5 rings (SSSR count). The monoisotopic (exact) mass is 405 g/mol. The quantitative estimate of drug-likeness (QED) is 0.651. The molecule has 146 valence electrons. The molecule has 0 radical (unpaired) electrons. The zero-order valence-electron chi connectivity index (χ0n) is 15.8. The number of pyridine rings is 1. The van der Waals surface area contributed by atoms with Gasteiger partial charge in [-0.3, -0.25) is 19.3 Å². The van der Waals surface area contributed by atoms with Crippen LogP contribution >= 0.6 is 11.8 Å². The second-order valence-corrected chi connectivity index (χ2v) is 8.22. The third-order valence-corrected chi connectivity index (χ3v) is 6.67. The normalized spacial score (nSPS) is 17.6. The lowest BCUT2D eigenvalue weighted by Gasteiger charge is -2.40. The zero-order valence-corrected chi connectivity index (χ0v) is 16.6. The molecule has 7 heteroatoms. The van der Waals surface area contributed by atoms with Gasteiger partial charge in [-0.15, -0.1) is 11.8 Å². The summed E-state index contributed by atoms with van der Waals surface area (Å²) >= 11 is 1.79. The lowest BCUT2D eigenvalue weighted by atomic mass is 9.91. The Morgan fingerprint density at radius 3 is 2.79 bits per heavy atom. The minimum absolute atomic E-state index is 0.0340. The van der Waals surface area contributed by atoms with Gasteiger partial charge in [0.2, 0.25) is 5.43 Å². The van der Waals surface area contributed by atoms with Crippen LogP contribution in [0.15, 0.2) is 64.4 Å². The number of aryl methyl sites for hydroxylation is 1. The van der Waals surface area contributed by atoms with Gasteiger partial charge in [0.25, 0.3) is 5.91 Å². The Kier molecular flexibility index (Phi) is 4.13. The van der Waals surface area contributed by atoms with Crippen LogP contribution in [-0.2, 0) is 5.75 Å². The Hall–Kier alpha value is -3.19. The Morgan fingerprint density at radius 2 is 1.93 bits per heavy atom. The average molecular weight is 405 g/mol. The van der Waals surface area contributed by atoms with Crippen LogP contribution in [0.1, 0.15) is 38.8 Å². The molecule has 2 aliphatic rings. The fraction of sp³-hybridized carbons (Fsp3) is 0.182. The summed E-state index contributed by atoms with van der Waals surface area (Å²) in [4.78, 5) is 25.6. The number of thioether (sulfide) groups is 1. The van der Waals surface area contributed by atoms with Crippen LogP contribution in [0, 0.1) is 6.92 Å². The Balaban J connectivity index is 1.80. The number of benzene rings is 2. The zero-order chi connectivity index (χ0) is 20.1. The van der Waals surface area contributed by atoms with Gasteiger partial charge in [0.1, 0.15) is 6.67 Å². The summed E-state index contributed by atoms with van der Waals surface area (Å²) in [5.41, 5.74) is 4.11. The molecular formula is C22H19N3O3S. The minimum atomic E-state index is -0.568. The number of amides is 1. The maximum absolute atomic E-state index is 12.5. The average Bonchev–Trinajstić information content (AvgIpc) is 2.89. The molecule has 0 saturated carbocycles. The van der Waals surface area contributed by atoms with E-state index in [9.17, 15) is 14.7 Å². The number of fused-ring (bicyclic) bond motifs is 3. The molecule has 2 aromatic carbocycles. The maximum Gasteiger partial charge on any atom is 0.275 e. The number of carbonyl (C=O) groups is 1. The summed E-state index contributed by atoms with van der Waals surface area (Å²) in [5, 5.41) is 15.1. The van der Waals surface area contributed by atoms with Crippen LogP contribution in [0.4, 0.5) is 0 Å². The van der Waals surface area contributed by atoms with E-state index in [1.165, 1.54) is 22.1 Å². The van der Waals surface area contributed by atoms with Gasteiger partial charge in [0, 0.05) is 22.9 Å². The lowest BCUT2D eigenvalue weighted by Crippen LogP contribution is -2.53. The van der Waals surface area contributed by atoms with E-state index in [0.29, 0.717) is 0 Å². The van der Waals surface area contributed by atoms with E-state index >= 15 is 0 Å². The highest BCUT2D eigenvalue weighted by Crippen LogP contribution is 2.43. The number of nitrogens with one attached hydrogen (secondary N) is 1. The molecule has 1 unspecified atom stereocenters. The highest BCUT2D eigenvalue weighted by Gasteiger charge is 2.35. The van der Waals surface area contributed by atoms with Gasteiger partial charge in [0.05, 0.1) is 6.04 Å². The van der Waals surface area contributed by atoms with Crippen molar-refractivity contribution in [1.82, 2.24) is 9.99 Å². The summed E-state index contributed by atoms with van der Waals surface area (Å²) in [6.45, 7) is 2.35. The Labute approximate surface area is 171 Å². The molecule has 0 aliphatic carbocycles. The second kappa shape index (κ2) is 6.70. The van der Waals surface area contributed by atoms with Gasteiger partial charge in [-0.1, -0.05) is 36.4 Å². The van der Waals surface area contributed by atoms with Crippen LogP contribution < -0.4 is 15.8 Å². The standard InChI is InChI=1S/C22H19N3O3S/c1-13-5-4-6-14-11-29-17-8-3-2-7-15(17)19(18(13)14)25-12-23-22(28)20-21(27)16(26)9-10-24(20)25/h2-10,19,27H,11-12H2,1H3,(H,23,28). The van der Waals surface area contributed by atoms with Crippen molar-refractivity contribution < 1.29 is 9.90 Å². The number of carbonyl (C=O) groups excluding carboxylic acids is 1. The van der Waals surface area contributed by atoms with E-state index in [0.717, 1.165) is 16.9 Å². The summed E-state index contributed by atoms with van der Waals surface area (Å²) in [6, 6.07) is 15.7. The van der Waals surface area contributed by atoms with Crippen molar-refractivity contribution in [2.45, 2.75) is 23.6 Å². The van der Waals surface area contributed by atoms with Gasteiger partial charge in [-0.25, -0.2) is 0 Å². The molecule has 0 fully saturated rings. The largest absolute Gasteiger partial charge is 0.502 e. The van der Waals surface area contributed by atoms with Gasteiger partial charge in [0.15, 0.2) is 11.4 Å². The van der Waals surface area contributed by atoms with E-state index in [2.05, 4.69) is 42.6 Å². The summed E-state index contributed by atoms with van der Waals surface area (Å²) < 4.78 is 1.61. The first-order valence-electron chi connectivity index (χ1n) is 9.36. The van der Waals surface area contributed by atoms with Crippen molar-refractivity contribution in [3.63, 3.8) is 0 Å². The molecule has 1 atom stereocenters. The predicted octanol–water partition coefficient (Wildman–Crippen LogP) is 2.90. The van der Waals surface area contributed by atoms with Crippen LogP contribution in [0.5, 0.6) is 5.75 Å². The van der Waals surface area contributed by atoms with Crippen molar-refractivity contribution in [1.29, 1.82) is 0 Å². The number of aromatic nitrogens is 1. The number of rotatable bonds is 1. The molecule has 2 aliphatic heterocycles. The summed E-state index contributed by atoms with van der Waals surface area (Å²) in [6.07, 6.45) is 1.56. The molecule has 3 heterocycles. The molecule has 6 nitrogen and oxygen atoms in total. The van der Waals surface area contributed by atoms with E-state index in [-0.39, 0.29) is 18.4 Å². The highest BCUT2D eigenvalue weighted by molar-refractivity contribution is 7.98. The van der Waals surface area contributed by atoms with E-state index in [4.69, 9.17) is 0 Å². The third-order valence-electron chi connectivity index (χ3n) is 5.53. The Bertz CT molecular complexity index is 1200. The van der Waals surface area contributed by atoms with Crippen molar-refractivity contribution >= 4 is 17.7 Å². The van der Waals surface area contributed by atoms with Gasteiger partial charge < -0.3 is 10.4 Å². The fourth-order valence-electron chi connectivity index (χ4n) is 4.19. The number of aromatic hydroxyl groups is 1. The van der Waals surface area contributed by atoms with Crippen LogP contribution in [0.3, 0.4) is 0 Å². The molecule has 0 bridgehead atoms. The molecular weight excluding hydrogens is 386 g/mol. The highest BCUT2D eigenvalue weighted by atomic mass is 32.2. The van der Waals surface area contributed by atoms with Gasteiger partial charge in [-0.2, -0.15) is 0 Å². The van der Waals surface area contributed by atoms with Crippen molar-refractivity contribution in [3.05, 3.63) is 92.9 Å². The van der Waals surface area contributed by atoms with E-state index < -0.39 is 17.1 Å². The fourth-order valence-corrected chi connectivity index (χ4v) is 5.27. The van der Waals surface area contributed by atoms with Crippen LogP contribution in [0.2, 0.25) is 0 Å². The first-order valence-corrected chi connectivity index (χ1v) is 10.3. The van der Waals surface area contributed by atoms with Crippen LogP contribution in [0.25, 0.3) is 0 Å². The molecule has 0 spiro atoms. The predicted molar refractivity (Wildman–Crippen MR) is 112 cm³/mol. The SMILES string of the molecule is Cc1cccc2c1C(N1CNC(=O)c3c(O)c(=O)ccn31)c1ccccc1SC2. The molecule has 1 amide bonds. The first-order chi connectivity index (χ1) is 14.1. The molecule has 1 aromatic heterocycles. The van der Waals surface area contributed by atoms with Crippen molar-refractivity contribution in [2.75, 3.05) is 11.7 Å². The molecule has 3 aromatic rings. The second-order valence-electron chi connectivity index (χ2n) is 7.20. The smallest absolute Gasteiger partial charge is 0.275 e. The van der Waals surface area contributed by atoms with E-state index in [1.807, 2.05) is 17.1 Å². The molecule has 0 saturated heterocycles. The maximum atomic E-state index is 12.5. The van der Waals surface area contributed by atoms with Crippen LogP contribution in [-0.4, -0.2) is 22.4 Å². The van der Waals surface area contributed by atoms with Gasteiger partial charge >= 0.3 is 0 Å². The van der Waals surface area contributed by atoms with Gasteiger partial charge in [-0.05, 0) is 35.2 Å². The topological polar surface area (TPSA) is 74.6 Å². The van der Waals surface area contributed by atoms with Crippen molar-refractivity contribution in [3.8, 4) is 5.75 Å². The van der Waals surface area contributed by atoms with Crippen molar-refractivity contribution in [2.24, 2.45) is 0 Å². The number of hydrogen-bond acceptors (Lipinski definition) is 5. The minimum Gasteiger partial charge on any atom is -0.502 e. The summed E-state index contributed by atoms with van der Waals surface area (Å²) in [5.74, 6) is -0.138. The number of nitrogens with zero attached hydrogens (tertiary/aromatic N) is 2. The summed E-state index contributed by atoms with van der Waals surface area (Å²) in [7, 11) is 0. The molecule has 2 N–H and O–H groups in total. The lowest BCUT2D eigenvalue weighted by molar-refractivity contribution is 0.0915. The third kappa shape index (κ3) is 2.73. The Morgan fingerprint density at radius 1 is 1.10 bits per heavy atom. The number of hydrogen-bond donors (Lipinski definition) is 2. The first kappa shape index (κ1) is 17.9.